The molecule has 1 heterocycles. The van der Waals surface area contributed by atoms with E-state index in [0.717, 1.165) is 19.4 Å². The maximum atomic E-state index is 13.6. The van der Waals surface area contributed by atoms with Crippen molar-refractivity contribution in [3.05, 3.63) is 35.6 Å². The molecule has 1 aromatic rings. The highest BCUT2D eigenvalue weighted by atomic mass is 19.1. The SMILES string of the molecule is CC(N)(Cc1ccccc1F)C1CCCOC1. The van der Waals surface area contributed by atoms with Crippen LogP contribution in [0.5, 0.6) is 0 Å². The summed E-state index contributed by atoms with van der Waals surface area (Å²) in [6, 6.07) is 6.86. The molecule has 0 aliphatic carbocycles. The van der Waals surface area contributed by atoms with Gasteiger partial charge in [0, 0.05) is 18.1 Å². The number of hydrogen-bond donors (Lipinski definition) is 1. The molecule has 0 saturated carbocycles. The summed E-state index contributed by atoms with van der Waals surface area (Å²) in [5.74, 6) is 0.150. The predicted octanol–water partition coefficient (Wildman–Crippen LogP) is 2.51. The van der Waals surface area contributed by atoms with Crippen molar-refractivity contribution >= 4 is 0 Å². The molecule has 2 rings (SSSR count). The van der Waals surface area contributed by atoms with Crippen LogP contribution in [-0.4, -0.2) is 18.8 Å². The van der Waals surface area contributed by atoms with Gasteiger partial charge < -0.3 is 10.5 Å². The van der Waals surface area contributed by atoms with Gasteiger partial charge in [0.05, 0.1) is 6.61 Å². The third-order valence-electron chi connectivity index (χ3n) is 3.62. The maximum Gasteiger partial charge on any atom is 0.126 e. The Balaban J connectivity index is 2.08. The van der Waals surface area contributed by atoms with Crippen LogP contribution in [0.2, 0.25) is 0 Å². The van der Waals surface area contributed by atoms with Gasteiger partial charge in [-0.2, -0.15) is 0 Å². The van der Waals surface area contributed by atoms with E-state index in [9.17, 15) is 4.39 Å². The van der Waals surface area contributed by atoms with Crippen molar-refractivity contribution in [2.45, 2.75) is 31.7 Å². The van der Waals surface area contributed by atoms with E-state index in [4.69, 9.17) is 10.5 Å². The van der Waals surface area contributed by atoms with E-state index in [-0.39, 0.29) is 5.82 Å². The van der Waals surface area contributed by atoms with Gasteiger partial charge in [-0.05, 0) is 37.8 Å². The fourth-order valence-corrected chi connectivity index (χ4v) is 2.46. The normalized spacial score (nSPS) is 24.3. The van der Waals surface area contributed by atoms with E-state index in [2.05, 4.69) is 0 Å². The fraction of sp³-hybridized carbons (Fsp3) is 0.571. The quantitative estimate of drug-likeness (QED) is 0.876. The van der Waals surface area contributed by atoms with E-state index in [1.807, 2.05) is 19.1 Å². The lowest BCUT2D eigenvalue weighted by Crippen LogP contribution is -2.49. The van der Waals surface area contributed by atoms with Crippen LogP contribution in [0.1, 0.15) is 25.3 Å². The summed E-state index contributed by atoms with van der Waals surface area (Å²) in [4.78, 5) is 0. The van der Waals surface area contributed by atoms with Crippen LogP contribution in [-0.2, 0) is 11.2 Å². The van der Waals surface area contributed by atoms with E-state index >= 15 is 0 Å². The van der Waals surface area contributed by atoms with Gasteiger partial charge in [-0.3, -0.25) is 0 Å². The molecule has 2 atom stereocenters. The number of benzene rings is 1. The molecule has 1 fully saturated rings. The van der Waals surface area contributed by atoms with E-state index in [0.29, 0.717) is 24.5 Å². The summed E-state index contributed by atoms with van der Waals surface area (Å²) >= 11 is 0. The maximum absolute atomic E-state index is 13.6. The highest BCUT2D eigenvalue weighted by Crippen LogP contribution is 2.27. The lowest BCUT2D eigenvalue weighted by Gasteiger charge is -2.36. The Morgan fingerprint density at radius 1 is 1.47 bits per heavy atom. The Labute approximate surface area is 102 Å². The van der Waals surface area contributed by atoms with Crippen LogP contribution in [0.25, 0.3) is 0 Å². The molecule has 0 aromatic heterocycles. The van der Waals surface area contributed by atoms with E-state index in [1.165, 1.54) is 6.07 Å². The van der Waals surface area contributed by atoms with Crippen molar-refractivity contribution in [3.63, 3.8) is 0 Å². The lowest BCUT2D eigenvalue weighted by atomic mass is 9.78. The van der Waals surface area contributed by atoms with Crippen LogP contribution in [0, 0.1) is 11.7 Å². The van der Waals surface area contributed by atoms with Crippen molar-refractivity contribution in [2.24, 2.45) is 11.7 Å². The van der Waals surface area contributed by atoms with Crippen molar-refractivity contribution in [2.75, 3.05) is 13.2 Å². The fourth-order valence-electron chi connectivity index (χ4n) is 2.46. The summed E-state index contributed by atoms with van der Waals surface area (Å²) in [6.45, 7) is 3.52. The highest BCUT2D eigenvalue weighted by molar-refractivity contribution is 5.20. The van der Waals surface area contributed by atoms with Gasteiger partial charge in [-0.1, -0.05) is 18.2 Å². The molecule has 0 amide bonds. The van der Waals surface area contributed by atoms with Gasteiger partial charge in [0.2, 0.25) is 0 Å². The van der Waals surface area contributed by atoms with Crippen molar-refractivity contribution < 1.29 is 9.13 Å². The Morgan fingerprint density at radius 3 is 2.88 bits per heavy atom. The standard InChI is InChI=1S/C14H20FNO/c1-14(16,12-6-4-8-17-10-12)9-11-5-2-3-7-13(11)15/h2-3,5,7,12H,4,6,8-10,16H2,1H3. The molecule has 1 aromatic carbocycles. The second-order valence-electron chi connectivity index (χ2n) is 5.19. The van der Waals surface area contributed by atoms with Gasteiger partial charge in [0.15, 0.2) is 0 Å². The minimum atomic E-state index is -0.400. The molecular formula is C14H20FNO. The second-order valence-corrected chi connectivity index (χ2v) is 5.19. The summed E-state index contributed by atoms with van der Waals surface area (Å²) < 4.78 is 19.1. The lowest BCUT2D eigenvalue weighted by molar-refractivity contribution is 0.0252. The minimum Gasteiger partial charge on any atom is -0.381 e. The summed E-state index contributed by atoms with van der Waals surface area (Å²) in [5, 5.41) is 0. The Morgan fingerprint density at radius 2 is 2.24 bits per heavy atom. The van der Waals surface area contributed by atoms with Gasteiger partial charge in [-0.15, -0.1) is 0 Å². The summed E-state index contributed by atoms with van der Waals surface area (Å²) in [7, 11) is 0. The zero-order chi connectivity index (χ0) is 12.3. The first kappa shape index (κ1) is 12.5. The number of halogens is 1. The molecule has 17 heavy (non-hydrogen) atoms. The summed E-state index contributed by atoms with van der Waals surface area (Å²) in [6.07, 6.45) is 2.68. The minimum absolute atomic E-state index is 0.166. The third kappa shape index (κ3) is 3.05. The van der Waals surface area contributed by atoms with Crippen molar-refractivity contribution in [1.82, 2.24) is 0 Å². The Bertz CT molecular complexity index is 372. The number of nitrogens with two attached hydrogens (primary N) is 1. The molecule has 0 radical (unpaired) electrons. The molecular weight excluding hydrogens is 217 g/mol. The topological polar surface area (TPSA) is 35.2 Å². The van der Waals surface area contributed by atoms with E-state index in [1.54, 1.807) is 6.07 Å². The molecule has 0 spiro atoms. The Hall–Kier alpha value is -0.930. The van der Waals surface area contributed by atoms with Crippen molar-refractivity contribution in [3.8, 4) is 0 Å². The average molecular weight is 237 g/mol. The Kier molecular flexibility index (Phi) is 3.79. The molecule has 2 nitrogen and oxygen atoms in total. The van der Waals surface area contributed by atoms with Gasteiger partial charge in [-0.25, -0.2) is 4.39 Å². The molecule has 0 bridgehead atoms. The average Bonchev–Trinajstić information content (AvgIpc) is 2.33. The van der Waals surface area contributed by atoms with Crippen molar-refractivity contribution in [1.29, 1.82) is 0 Å². The van der Waals surface area contributed by atoms with Crippen LogP contribution >= 0.6 is 0 Å². The van der Waals surface area contributed by atoms with Crippen LogP contribution in [0.15, 0.2) is 24.3 Å². The predicted molar refractivity (Wildman–Crippen MR) is 66.2 cm³/mol. The molecule has 1 saturated heterocycles. The smallest absolute Gasteiger partial charge is 0.126 e. The molecule has 1 aliphatic rings. The number of rotatable bonds is 3. The molecule has 94 valence electrons. The number of hydrogen-bond acceptors (Lipinski definition) is 2. The highest BCUT2D eigenvalue weighted by Gasteiger charge is 2.32. The number of ether oxygens (including phenoxy) is 1. The molecule has 1 aliphatic heterocycles. The monoisotopic (exact) mass is 237 g/mol. The first-order valence-electron chi connectivity index (χ1n) is 6.19. The third-order valence-corrected chi connectivity index (χ3v) is 3.62. The summed E-state index contributed by atoms with van der Waals surface area (Å²) in [5.41, 5.74) is 6.64. The molecule has 2 unspecified atom stereocenters. The van der Waals surface area contributed by atoms with Crippen LogP contribution < -0.4 is 5.73 Å². The largest absolute Gasteiger partial charge is 0.381 e. The zero-order valence-electron chi connectivity index (χ0n) is 10.3. The zero-order valence-corrected chi connectivity index (χ0v) is 10.3. The van der Waals surface area contributed by atoms with Gasteiger partial charge in [0.25, 0.3) is 0 Å². The first-order chi connectivity index (χ1) is 8.09. The second kappa shape index (κ2) is 5.15. The van der Waals surface area contributed by atoms with Gasteiger partial charge in [0.1, 0.15) is 5.82 Å². The van der Waals surface area contributed by atoms with Gasteiger partial charge >= 0.3 is 0 Å². The first-order valence-corrected chi connectivity index (χ1v) is 6.19. The van der Waals surface area contributed by atoms with Crippen LogP contribution in [0.3, 0.4) is 0 Å². The van der Waals surface area contributed by atoms with Crippen LogP contribution in [0.4, 0.5) is 4.39 Å². The van der Waals surface area contributed by atoms with E-state index < -0.39 is 5.54 Å². The molecule has 2 N–H and O–H groups in total. The molecule has 3 heteroatoms.